The number of ketones is 1. The molecule has 1 rings (SSSR count). The topological polar surface area (TPSA) is 29.1 Å². The summed E-state index contributed by atoms with van der Waals surface area (Å²) in [4.78, 5) is 12.2. The Morgan fingerprint density at radius 2 is 2.05 bits per heavy atom. The summed E-state index contributed by atoms with van der Waals surface area (Å²) in [7, 11) is 0. The highest BCUT2D eigenvalue weighted by molar-refractivity contribution is 6.31. The summed E-state index contributed by atoms with van der Waals surface area (Å²) in [6.45, 7) is 6.94. The zero-order chi connectivity index (χ0) is 14.3. The largest absolute Gasteiger partial charge is 0.307 e. The number of unbranched alkanes of at least 4 members (excludes halogenated alkanes) is 3. The molecule has 0 spiro atoms. The Morgan fingerprint density at radius 3 is 2.68 bits per heavy atom. The van der Waals surface area contributed by atoms with Gasteiger partial charge in [0.15, 0.2) is 5.78 Å². The van der Waals surface area contributed by atoms with Crippen molar-refractivity contribution in [3.63, 3.8) is 0 Å². The third-order valence-corrected chi connectivity index (χ3v) is 3.74. The van der Waals surface area contributed by atoms with Crippen molar-refractivity contribution in [2.24, 2.45) is 0 Å². The summed E-state index contributed by atoms with van der Waals surface area (Å²) in [5.41, 5.74) is 1.68. The molecule has 0 amide bonds. The SMILES string of the molecule is CCCCCCNC(C)C(=O)c1ccc(Cl)c(C)c1. The van der Waals surface area contributed by atoms with Gasteiger partial charge in [-0.1, -0.05) is 37.8 Å². The molecular formula is C16H24ClNO. The predicted octanol–water partition coefficient (Wildman–Crippen LogP) is 4.39. The van der Waals surface area contributed by atoms with Crippen molar-refractivity contribution in [1.29, 1.82) is 0 Å². The van der Waals surface area contributed by atoms with Crippen LogP contribution in [0.1, 0.15) is 55.5 Å². The molecule has 3 heteroatoms. The van der Waals surface area contributed by atoms with Crippen LogP contribution in [0.3, 0.4) is 0 Å². The molecule has 1 aromatic carbocycles. The fourth-order valence-corrected chi connectivity index (χ4v) is 2.13. The van der Waals surface area contributed by atoms with Gasteiger partial charge in [0.25, 0.3) is 0 Å². The van der Waals surface area contributed by atoms with E-state index in [2.05, 4.69) is 12.2 Å². The molecule has 0 aliphatic rings. The highest BCUT2D eigenvalue weighted by Crippen LogP contribution is 2.17. The van der Waals surface area contributed by atoms with Crippen LogP contribution in [0.5, 0.6) is 0 Å². The normalized spacial score (nSPS) is 12.4. The molecule has 1 unspecified atom stereocenters. The van der Waals surface area contributed by atoms with E-state index in [1.54, 1.807) is 12.1 Å². The molecule has 2 nitrogen and oxygen atoms in total. The zero-order valence-corrected chi connectivity index (χ0v) is 12.9. The molecular weight excluding hydrogens is 258 g/mol. The van der Waals surface area contributed by atoms with Crippen LogP contribution in [0.15, 0.2) is 18.2 Å². The minimum absolute atomic E-state index is 0.134. The fraction of sp³-hybridized carbons (Fsp3) is 0.562. The average Bonchev–Trinajstić information content (AvgIpc) is 2.40. The van der Waals surface area contributed by atoms with Gasteiger partial charge in [-0.3, -0.25) is 4.79 Å². The van der Waals surface area contributed by atoms with Gasteiger partial charge in [-0.2, -0.15) is 0 Å². The highest BCUT2D eigenvalue weighted by atomic mass is 35.5. The van der Waals surface area contributed by atoms with Crippen molar-refractivity contribution in [2.75, 3.05) is 6.54 Å². The lowest BCUT2D eigenvalue weighted by Crippen LogP contribution is -2.34. The first kappa shape index (κ1) is 16.2. The van der Waals surface area contributed by atoms with Crippen LogP contribution in [0, 0.1) is 6.92 Å². The summed E-state index contributed by atoms with van der Waals surface area (Å²) >= 11 is 5.97. The molecule has 0 heterocycles. The van der Waals surface area contributed by atoms with Gasteiger partial charge in [-0.25, -0.2) is 0 Å². The van der Waals surface area contributed by atoms with Crippen LogP contribution in [-0.2, 0) is 0 Å². The Morgan fingerprint density at radius 1 is 1.32 bits per heavy atom. The van der Waals surface area contributed by atoms with E-state index < -0.39 is 0 Å². The van der Waals surface area contributed by atoms with E-state index in [1.807, 2.05) is 19.9 Å². The first-order chi connectivity index (χ1) is 9.06. The number of Topliss-reactive ketones (excluding diaryl/α,β-unsaturated/α-hetero) is 1. The standard InChI is InChI=1S/C16H24ClNO/c1-4-5-6-7-10-18-13(3)16(19)14-8-9-15(17)12(2)11-14/h8-9,11,13,18H,4-7,10H2,1-3H3. The summed E-state index contributed by atoms with van der Waals surface area (Å²) in [6.07, 6.45) is 4.86. The molecule has 0 saturated heterocycles. The number of rotatable bonds is 8. The van der Waals surface area contributed by atoms with Crippen molar-refractivity contribution >= 4 is 17.4 Å². The Labute approximate surface area is 121 Å². The molecule has 1 aromatic rings. The van der Waals surface area contributed by atoms with E-state index in [4.69, 9.17) is 11.6 Å². The quantitative estimate of drug-likeness (QED) is 0.566. The molecule has 0 bridgehead atoms. The summed E-state index contributed by atoms with van der Waals surface area (Å²) in [5, 5.41) is 4.00. The van der Waals surface area contributed by atoms with Gasteiger partial charge in [0.2, 0.25) is 0 Å². The van der Waals surface area contributed by atoms with E-state index >= 15 is 0 Å². The lowest BCUT2D eigenvalue weighted by atomic mass is 10.0. The number of carbonyl (C=O) groups is 1. The lowest BCUT2D eigenvalue weighted by molar-refractivity contribution is 0.0951. The molecule has 19 heavy (non-hydrogen) atoms. The Hall–Kier alpha value is -0.860. The maximum Gasteiger partial charge on any atom is 0.179 e. The number of hydrogen-bond donors (Lipinski definition) is 1. The second-order valence-electron chi connectivity index (χ2n) is 5.06. The van der Waals surface area contributed by atoms with Crippen LogP contribution in [0.4, 0.5) is 0 Å². The number of nitrogens with one attached hydrogen (secondary N) is 1. The Balaban J connectivity index is 2.45. The van der Waals surface area contributed by atoms with E-state index in [9.17, 15) is 4.79 Å². The Kier molecular flexibility index (Phi) is 7.11. The number of carbonyl (C=O) groups excluding carboxylic acids is 1. The van der Waals surface area contributed by atoms with Gasteiger partial charge in [0.05, 0.1) is 6.04 Å². The van der Waals surface area contributed by atoms with Gasteiger partial charge in [-0.05, 0) is 50.6 Å². The second-order valence-corrected chi connectivity index (χ2v) is 5.47. The van der Waals surface area contributed by atoms with Crippen molar-refractivity contribution in [1.82, 2.24) is 5.32 Å². The van der Waals surface area contributed by atoms with Crippen molar-refractivity contribution in [2.45, 2.75) is 52.5 Å². The maximum atomic E-state index is 12.2. The molecule has 0 radical (unpaired) electrons. The third kappa shape index (κ3) is 5.33. The van der Waals surface area contributed by atoms with Gasteiger partial charge in [-0.15, -0.1) is 0 Å². The number of halogens is 1. The molecule has 0 fully saturated rings. The Bertz CT molecular complexity index is 417. The average molecular weight is 282 g/mol. The smallest absolute Gasteiger partial charge is 0.179 e. The van der Waals surface area contributed by atoms with Crippen molar-refractivity contribution < 1.29 is 4.79 Å². The molecule has 0 aromatic heterocycles. The molecule has 1 N–H and O–H groups in total. The van der Waals surface area contributed by atoms with Crippen molar-refractivity contribution in [3.05, 3.63) is 34.3 Å². The van der Waals surface area contributed by atoms with Crippen LogP contribution in [0.25, 0.3) is 0 Å². The van der Waals surface area contributed by atoms with E-state index in [-0.39, 0.29) is 11.8 Å². The third-order valence-electron chi connectivity index (χ3n) is 3.32. The molecule has 0 aliphatic carbocycles. The fourth-order valence-electron chi connectivity index (χ4n) is 2.01. The zero-order valence-electron chi connectivity index (χ0n) is 12.1. The van der Waals surface area contributed by atoms with Gasteiger partial charge < -0.3 is 5.32 Å². The monoisotopic (exact) mass is 281 g/mol. The van der Waals surface area contributed by atoms with Gasteiger partial charge in [0.1, 0.15) is 0 Å². The first-order valence-corrected chi connectivity index (χ1v) is 7.47. The molecule has 0 saturated carbocycles. The minimum Gasteiger partial charge on any atom is -0.307 e. The highest BCUT2D eigenvalue weighted by Gasteiger charge is 2.14. The van der Waals surface area contributed by atoms with Gasteiger partial charge >= 0.3 is 0 Å². The lowest BCUT2D eigenvalue weighted by Gasteiger charge is -2.13. The number of hydrogen-bond acceptors (Lipinski definition) is 2. The van der Waals surface area contributed by atoms with Crippen LogP contribution in [0.2, 0.25) is 5.02 Å². The summed E-state index contributed by atoms with van der Waals surface area (Å²) in [6, 6.07) is 5.31. The van der Waals surface area contributed by atoms with Crippen molar-refractivity contribution in [3.8, 4) is 0 Å². The number of benzene rings is 1. The van der Waals surface area contributed by atoms with Gasteiger partial charge in [0, 0.05) is 10.6 Å². The van der Waals surface area contributed by atoms with Crippen LogP contribution in [-0.4, -0.2) is 18.4 Å². The summed E-state index contributed by atoms with van der Waals surface area (Å²) in [5.74, 6) is 0.134. The van der Waals surface area contributed by atoms with E-state index in [0.717, 1.165) is 24.1 Å². The second kappa shape index (κ2) is 8.34. The van der Waals surface area contributed by atoms with Crippen LogP contribution < -0.4 is 5.32 Å². The maximum absolute atomic E-state index is 12.2. The molecule has 106 valence electrons. The number of aryl methyl sites for hydroxylation is 1. The minimum atomic E-state index is -0.137. The first-order valence-electron chi connectivity index (χ1n) is 7.10. The molecule has 0 aliphatic heterocycles. The van der Waals surface area contributed by atoms with Crippen LogP contribution >= 0.6 is 11.6 Å². The molecule has 1 atom stereocenters. The predicted molar refractivity (Wildman–Crippen MR) is 82.1 cm³/mol. The summed E-state index contributed by atoms with van der Waals surface area (Å²) < 4.78 is 0. The van der Waals surface area contributed by atoms with E-state index in [1.165, 1.54) is 19.3 Å². The van der Waals surface area contributed by atoms with E-state index in [0.29, 0.717) is 5.02 Å².